The van der Waals surface area contributed by atoms with Crippen LogP contribution in [0.5, 0.6) is 11.5 Å². The summed E-state index contributed by atoms with van der Waals surface area (Å²) in [6, 6.07) is 6.97. The van der Waals surface area contributed by atoms with Crippen LogP contribution in [0.25, 0.3) is 22.3 Å². The van der Waals surface area contributed by atoms with E-state index in [-0.39, 0.29) is 61.7 Å². The minimum absolute atomic E-state index is 0.0658. The van der Waals surface area contributed by atoms with Gasteiger partial charge in [0.1, 0.15) is 35.2 Å². The maximum absolute atomic E-state index is 14.8. The number of amides is 1. The molecule has 3 fully saturated rings. The summed E-state index contributed by atoms with van der Waals surface area (Å²) in [5, 5.41) is 15.2. The lowest BCUT2D eigenvalue weighted by Crippen LogP contribution is -2.46. The van der Waals surface area contributed by atoms with E-state index in [1.165, 1.54) is 11.3 Å². The first kappa shape index (κ1) is 43.7. The molecule has 15 heteroatoms. The first-order valence-electron chi connectivity index (χ1n) is 20.4. The molecule has 6 atom stereocenters. The highest BCUT2D eigenvalue weighted by atomic mass is 32.1. The van der Waals surface area contributed by atoms with Crippen molar-refractivity contribution >= 4 is 52.4 Å². The lowest BCUT2D eigenvalue weighted by atomic mass is 9.77. The summed E-state index contributed by atoms with van der Waals surface area (Å²) in [5.41, 5.74) is 1.28. The maximum atomic E-state index is 14.8. The van der Waals surface area contributed by atoms with E-state index in [2.05, 4.69) is 11.9 Å². The van der Waals surface area contributed by atoms with Crippen molar-refractivity contribution in [2.75, 3.05) is 31.7 Å². The number of thiazole rings is 1. The Bertz CT molecular complexity index is 2040. The molecule has 6 rings (SSSR count). The average Bonchev–Trinajstić information content (AvgIpc) is 3.53. The zero-order valence-electron chi connectivity index (χ0n) is 34.6. The van der Waals surface area contributed by atoms with Crippen molar-refractivity contribution in [1.29, 1.82) is 0 Å². The number of nitrogens with zero attached hydrogens (tertiary/aromatic N) is 3. The van der Waals surface area contributed by atoms with Gasteiger partial charge >= 0.3 is 5.97 Å². The minimum atomic E-state index is -3.90. The van der Waals surface area contributed by atoms with Crippen LogP contribution in [0.4, 0.5) is 5.13 Å². The molecule has 3 aliphatic rings. The van der Waals surface area contributed by atoms with Gasteiger partial charge in [0, 0.05) is 60.4 Å². The Morgan fingerprint density at radius 3 is 2.52 bits per heavy atom. The molecule has 3 heterocycles. The summed E-state index contributed by atoms with van der Waals surface area (Å²) >= 11 is 1.48. The first-order valence-corrected chi connectivity index (χ1v) is 23.1. The number of allylic oxidation sites excluding steroid dienone is 1. The fourth-order valence-corrected chi connectivity index (χ4v) is 11.7. The molecule has 1 aliphatic heterocycles. The monoisotopic (exact) mass is 838 g/mol. The average molecular weight is 839 g/mol. The van der Waals surface area contributed by atoms with E-state index in [4.69, 9.17) is 24.2 Å². The number of carbonyl (C=O) groups is 3. The van der Waals surface area contributed by atoms with E-state index in [9.17, 15) is 28.9 Å². The van der Waals surface area contributed by atoms with E-state index in [0.717, 1.165) is 36.2 Å². The quantitative estimate of drug-likeness (QED) is 0.0650. The van der Waals surface area contributed by atoms with Gasteiger partial charge in [0.15, 0.2) is 5.13 Å². The molecule has 58 heavy (non-hydrogen) atoms. The Labute approximate surface area is 345 Å². The number of aliphatic hydroxyl groups is 1. The number of esters is 1. The number of anilines is 1. The van der Waals surface area contributed by atoms with Crippen molar-refractivity contribution in [3.8, 4) is 22.9 Å². The molecule has 1 saturated heterocycles. The molecule has 3 N–H and O–H groups in total. The predicted molar refractivity (Wildman–Crippen MR) is 226 cm³/mol. The number of ketones is 1. The maximum Gasteiger partial charge on any atom is 0.306 e. The highest BCUT2D eigenvalue weighted by Crippen LogP contribution is 2.72. The molecule has 2 aromatic heterocycles. The number of methoxy groups -OCH3 is 1. The van der Waals surface area contributed by atoms with Crippen LogP contribution in [0.2, 0.25) is 0 Å². The lowest BCUT2D eigenvalue weighted by molar-refractivity contribution is -0.156. The fourth-order valence-electron chi connectivity index (χ4n) is 8.60. The molecular formula is C43H59N4O9PS. The van der Waals surface area contributed by atoms with Gasteiger partial charge in [0.25, 0.3) is 0 Å². The smallest absolute Gasteiger partial charge is 0.306 e. The number of pyridine rings is 1. The van der Waals surface area contributed by atoms with Gasteiger partial charge in [-0.15, -0.1) is 17.9 Å². The van der Waals surface area contributed by atoms with E-state index in [1.807, 2.05) is 64.3 Å². The summed E-state index contributed by atoms with van der Waals surface area (Å²) in [7, 11) is -2.31. The number of aliphatic hydroxyl groups excluding tert-OH is 1. The number of hydrogen-bond donors (Lipinski definition) is 3. The number of carbonyl (C=O) groups excluding carboxylic acids is 3. The van der Waals surface area contributed by atoms with Gasteiger partial charge in [-0.25, -0.2) is 9.97 Å². The third kappa shape index (κ3) is 9.78. The fraction of sp³-hybridized carbons (Fsp3) is 0.605. The van der Waals surface area contributed by atoms with Crippen LogP contribution in [0, 0.1) is 17.3 Å². The van der Waals surface area contributed by atoms with Crippen LogP contribution in [-0.2, 0) is 23.7 Å². The zero-order valence-corrected chi connectivity index (χ0v) is 36.3. The van der Waals surface area contributed by atoms with Crippen LogP contribution < -0.4 is 14.8 Å². The third-order valence-corrected chi connectivity index (χ3v) is 15.5. The van der Waals surface area contributed by atoms with Gasteiger partial charge in [0.05, 0.1) is 49.0 Å². The number of likely N-dealkylation sites (tertiary alicyclic amines) is 1. The number of fused-ring (bicyclic) bond motifs is 1. The molecule has 0 bridgehead atoms. The summed E-state index contributed by atoms with van der Waals surface area (Å²) in [6.07, 6.45) is 4.59. The molecule has 316 valence electrons. The molecule has 3 aromatic rings. The number of rotatable bonds is 18. The third-order valence-electron chi connectivity index (χ3n) is 11.9. The number of ether oxygens (including phenoxy) is 3. The van der Waals surface area contributed by atoms with Crippen LogP contribution in [0.1, 0.15) is 92.4 Å². The highest BCUT2D eigenvalue weighted by Gasteiger charge is 2.64. The minimum Gasteiger partial charge on any atom is -0.497 e. The molecule has 1 amide bonds. The van der Waals surface area contributed by atoms with E-state index < -0.39 is 48.6 Å². The molecule has 0 radical (unpaired) electrons. The van der Waals surface area contributed by atoms with Gasteiger partial charge < -0.3 is 34.4 Å². The van der Waals surface area contributed by atoms with Crippen molar-refractivity contribution in [3.63, 3.8) is 0 Å². The second kappa shape index (κ2) is 17.8. The predicted octanol–water partition coefficient (Wildman–Crippen LogP) is 7.63. The Balaban J connectivity index is 1.31. The van der Waals surface area contributed by atoms with Crippen molar-refractivity contribution in [1.82, 2.24) is 14.9 Å². The molecule has 2 unspecified atom stereocenters. The molecule has 0 spiro atoms. The van der Waals surface area contributed by atoms with E-state index >= 15 is 0 Å². The van der Waals surface area contributed by atoms with E-state index in [1.54, 1.807) is 18.1 Å². The Kier molecular flexibility index (Phi) is 13.4. The summed E-state index contributed by atoms with van der Waals surface area (Å²) in [6.45, 7) is 13.4. The van der Waals surface area contributed by atoms with Crippen molar-refractivity contribution in [2.24, 2.45) is 17.3 Å². The lowest BCUT2D eigenvalue weighted by Gasteiger charge is -2.35. The number of Topliss-reactive ketones (excluding diaryl/α,β-unsaturated/α-hetero) is 1. The molecule has 2 aliphatic carbocycles. The summed E-state index contributed by atoms with van der Waals surface area (Å²) in [5.74, 6) is -0.843. The first-order chi connectivity index (χ1) is 27.5. The standard InChI is InChI=1S/C43H59N4O9PS/c1-8-27-22-43(27,57(52,53)16-15-48)23-29(49)17-28-18-32(24-47(28)40(51)34(42(4,5)6)20-39(50)56-30-11-9-10-12-30)55-38-21-36(37-25-58-41(46-37)44-26(2)3)45-35-19-31(54-7)13-14-33(35)38/h8,13-14,19,21,25-28,30,32,34,48H,1,9-12,15-18,20,22-24H2,2-7H3,(H,44,46)(H,52,53)/t27-,28?,32-,34-,43-/m1/s1. The Morgan fingerprint density at radius 2 is 1.88 bits per heavy atom. The van der Waals surface area contributed by atoms with Crippen LogP contribution in [0.3, 0.4) is 0 Å². The number of hydrogen-bond acceptors (Lipinski definition) is 12. The molecule has 13 nitrogen and oxygen atoms in total. The largest absolute Gasteiger partial charge is 0.497 e. The van der Waals surface area contributed by atoms with Crippen LogP contribution in [0.15, 0.2) is 42.3 Å². The van der Waals surface area contributed by atoms with Gasteiger partial charge in [-0.05, 0) is 69.4 Å². The van der Waals surface area contributed by atoms with Crippen LogP contribution in [-0.4, -0.2) is 98.4 Å². The van der Waals surface area contributed by atoms with Gasteiger partial charge in [0.2, 0.25) is 13.3 Å². The normalized spacial score (nSPS) is 23.7. The zero-order chi connectivity index (χ0) is 42.0. The second-order valence-corrected chi connectivity index (χ2v) is 21.2. The van der Waals surface area contributed by atoms with Gasteiger partial charge in [-0.3, -0.25) is 18.9 Å². The van der Waals surface area contributed by atoms with Crippen molar-refractivity contribution in [2.45, 2.75) is 122 Å². The Morgan fingerprint density at radius 1 is 1.14 bits per heavy atom. The van der Waals surface area contributed by atoms with Crippen molar-refractivity contribution < 1.29 is 43.2 Å². The summed E-state index contributed by atoms with van der Waals surface area (Å²) < 4.78 is 31.6. The summed E-state index contributed by atoms with van der Waals surface area (Å²) in [4.78, 5) is 64.5. The SMILES string of the molecule is C=C[C@@H]1C[C@]1(CC(=O)CC1C[C@@H](Oc2cc(-c3csc(NC(C)C)n3)nc3cc(OC)ccc23)CN1C(=O)[C@@H](CC(=O)OC1CCCC1)C(C)(C)C)P(=O)(O)CCO. The van der Waals surface area contributed by atoms with Crippen LogP contribution >= 0.6 is 18.7 Å². The number of aromatic nitrogens is 2. The Hall–Kier alpha value is -3.84. The second-order valence-electron chi connectivity index (χ2n) is 17.6. The molecule has 1 aromatic carbocycles. The van der Waals surface area contributed by atoms with Gasteiger partial charge in [-0.2, -0.15) is 0 Å². The van der Waals surface area contributed by atoms with Gasteiger partial charge in [-0.1, -0.05) is 26.8 Å². The molecular weight excluding hydrogens is 780 g/mol. The number of nitrogens with one attached hydrogen (secondary N) is 1. The number of benzene rings is 1. The highest BCUT2D eigenvalue weighted by molar-refractivity contribution is 7.60. The van der Waals surface area contributed by atoms with Crippen molar-refractivity contribution in [3.05, 3.63) is 42.3 Å². The molecule has 2 saturated carbocycles. The topological polar surface area (TPSA) is 177 Å². The van der Waals surface area contributed by atoms with E-state index in [0.29, 0.717) is 41.2 Å².